The Morgan fingerprint density at radius 1 is 1.33 bits per heavy atom. The normalized spacial score (nSPS) is 21.1. The van der Waals surface area contributed by atoms with Crippen LogP contribution in [0.25, 0.3) is 0 Å². The van der Waals surface area contributed by atoms with Crippen molar-refractivity contribution in [3.8, 4) is 0 Å². The Labute approximate surface area is 111 Å². The molecule has 0 aromatic carbocycles. The van der Waals surface area contributed by atoms with Crippen LogP contribution in [0.2, 0.25) is 0 Å². The van der Waals surface area contributed by atoms with Gasteiger partial charge in [-0.2, -0.15) is 0 Å². The highest BCUT2D eigenvalue weighted by Crippen LogP contribution is 2.15. The van der Waals surface area contributed by atoms with E-state index in [-0.39, 0.29) is 5.25 Å². The van der Waals surface area contributed by atoms with Crippen molar-refractivity contribution in [2.24, 2.45) is 5.92 Å². The smallest absolute Gasteiger partial charge is 0.215 e. The van der Waals surface area contributed by atoms with Gasteiger partial charge < -0.3 is 10.2 Å². The highest BCUT2D eigenvalue weighted by atomic mass is 32.2. The Bertz CT molecular complexity index is 324. The average Bonchev–Trinajstić information content (AvgIpc) is 2.35. The SMILES string of the molecule is CCNCC(C)S(=O)(=O)NCC1CCN(C)CC1. The molecule has 1 aliphatic heterocycles. The zero-order valence-corrected chi connectivity index (χ0v) is 12.6. The highest BCUT2D eigenvalue weighted by Gasteiger charge is 2.23. The molecule has 0 radical (unpaired) electrons. The molecule has 108 valence electrons. The minimum Gasteiger partial charge on any atom is -0.316 e. The first-order valence-electron chi connectivity index (χ1n) is 6.83. The summed E-state index contributed by atoms with van der Waals surface area (Å²) < 4.78 is 26.7. The largest absolute Gasteiger partial charge is 0.316 e. The van der Waals surface area contributed by atoms with Crippen LogP contribution >= 0.6 is 0 Å². The van der Waals surface area contributed by atoms with Gasteiger partial charge >= 0.3 is 0 Å². The number of nitrogens with one attached hydrogen (secondary N) is 2. The van der Waals surface area contributed by atoms with E-state index in [0.717, 1.165) is 32.5 Å². The van der Waals surface area contributed by atoms with E-state index in [2.05, 4.69) is 22.0 Å². The lowest BCUT2D eigenvalue weighted by molar-refractivity contribution is 0.220. The first kappa shape index (κ1) is 15.9. The molecular formula is C12H27N3O2S. The van der Waals surface area contributed by atoms with Crippen LogP contribution in [-0.2, 0) is 10.0 Å². The standard InChI is InChI=1S/C12H27N3O2S/c1-4-13-9-11(2)18(16,17)14-10-12-5-7-15(3)8-6-12/h11-14H,4-10H2,1-3H3. The van der Waals surface area contributed by atoms with Gasteiger partial charge in [-0.15, -0.1) is 0 Å². The van der Waals surface area contributed by atoms with Gasteiger partial charge in [-0.05, 0) is 52.4 Å². The van der Waals surface area contributed by atoms with Gasteiger partial charge in [-0.3, -0.25) is 0 Å². The topological polar surface area (TPSA) is 61.4 Å². The summed E-state index contributed by atoms with van der Waals surface area (Å²) in [6.45, 7) is 7.77. The fourth-order valence-corrected chi connectivity index (χ4v) is 3.19. The molecule has 1 heterocycles. The summed E-state index contributed by atoms with van der Waals surface area (Å²) in [5.74, 6) is 0.488. The van der Waals surface area contributed by atoms with Gasteiger partial charge in [0.1, 0.15) is 0 Å². The molecule has 18 heavy (non-hydrogen) atoms. The Kier molecular flexibility index (Phi) is 6.55. The molecule has 1 unspecified atom stereocenters. The highest BCUT2D eigenvalue weighted by molar-refractivity contribution is 7.90. The maximum atomic E-state index is 12.0. The van der Waals surface area contributed by atoms with Crippen LogP contribution in [-0.4, -0.2) is 58.3 Å². The van der Waals surface area contributed by atoms with Crippen molar-refractivity contribution in [1.82, 2.24) is 14.9 Å². The Balaban J connectivity index is 2.32. The van der Waals surface area contributed by atoms with Gasteiger partial charge in [0.15, 0.2) is 0 Å². The Hall–Kier alpha value is -0.170. The van der Waals surface area contributed by atoms with Crippen LogP contribution in [0.4, 0.5) is 0 Å². The van der Waals surface area contributed by atoms with E-state index in [1.165, 1.54) is 0 Å². The number of sulfonamides is 1. The monoisotopic (exact) mass is 277 g/mol. The molecule has 1 fully saturated rings. The average molecular weight is 277 g/mol. The van der Waals surface area contributed by atoms with Crippen molar-refractivity contribution < 1.29 is 8.42 Å². The van der Waals surface area contributed by atoms with E-state index in [1.54, 1.807) is 6.92 Å². The van der Waals surface area contributed by atoms with Gasteiger partial charge in [-0.25, -0.2) is 13.1 Å². The maximum Gasteiger partial charge on any atom is 0.215 e. The molecular weight excluding hydrogens is 250 g/mol. The summed E-state index contributed by atoms with van der Waals surface area (Å²) in [5.41, 5.74) is 0. The van der Waals surface area contributed by atoms with Crippen molar-refractivity contribution >= 4 is 10.0 Å². The van der Waals surface area contributed by atoms with E-state index in [4.69, 9.17) is 0 Å². The molecule has 1 saturated heterocycles. The second-order valence-electron chi connectivity index (χ2n) is 5.26. The second-order valence-corrected chi connectivity index (χ2v) is 7.44. The molecule has 5 nitrogen and oxygen atoms in total. The van der Waals surface area contributed by atoms with E-state index in [1.807, 2.05) is 6.92 Å². The van der Waals surface area contributed by atoms with E-state index >= 15 is 0 Å². The van der Waals surface area contributed by atoms with Gasteiger partial charge in [0.2, 0.25) is 10.0 Å². The Morgan fingerprint density at radius 3 is 2.50 bits per heavy atom. The predicted molar refractivity (Wildman–Crippen MR) is 75.1 cm³/mol. The zero-order valence-electron chi connectivity index (χ0n) is 11.8. The Morgan fingerprint density at radius 2 is 1.94 bits per heavy atom. The third kappa shape index (κ3) is 5.22. The minimum atomic E-state index is -3.17. The second kappa shape index (κ2) is 7.43. The molecule has 0 aliphatic carbocycles. The number of piperidine rings is 1. The van der Waals surface area contributed by atoms with Crippen molar-refractivity contribution in [3.63, 3.8) is 0 Å². The lowest BCUT2D eigenvalue weighted by atomic mass is 9.98. The molecule has 0 amide bonds. The number of hydrogen-bond donors (Lipinski definition) is 2. The molecule has 0 aromatic heterocycles. The summed E-state index contributed by atoms with van der Waals surface area (Å²) in [7, 11) is -1.06. The maximum absolute atomic E-state index is 12.0. The van der Waals surface area contributed by atoms with Crippen LogP contribution in [0.5, 0.6) is 0 Å². The predicted octanol–water partition coefficient (Wildman–Crippen LogP) is 0.246. The van der Waals surface area contributed by atoms with Gasteiger partial charge in [0, 0.05) is 13.1 Å². The van der Waals surface area contributed by atoms with Crippen molar-refractivity contribution in [2.75, 3.05) is 39.8 Å². The third-order valence-electron chi connectivity index (χ3n) is 3.62. The van der Waals surface area contributed by atoms with Gasteiger partial charge in [0.05, 0.1) is 5.25 Å². The third-order valence-corrected chi connectivity index (χ3v) is 5.42. The van der Waals surface area contributed by atoms with Crippen molar-refractivity contribution in [3.05, 3.63) is 0 Å². The summed E-state index contributed by atoms with van der Waals surface area (Å²) >= 11 is 0. The van der Waals surface area contributed by atoms with Crippen LogP contribution in [0, 0.1) is 5.92 Å². The van der Waals surface area contributed by atoms with Crippen LogP contribution in [0.15, 0.2) is 0 Å². The summed E-state index contributed by atoms with van der Waals surface area (Å²) in [6.07, 6.45) is 2.17. The zero-order chi connectivity index (χ0) is 13.6. The van der Waals surface area contributed by atoms with E-state index < -0.39 is 10.0 Å². The number of nitrogens with zero attached hydrogens (tertiary/aromatic N) is 1. The quantitative estimate of drug-likeness (QED) is 0.700. The molecule has 0 saturated carbocycles. The number of rotatable bonds is 7. The van der Waals surface area contributed by atoms with Gasteiger partial charge in [-0.1, -0.05) is 6.92 Å². The van der Waals surface area contributed by atoms with Crippen molar-refractivity contribution in [2.45, 2.75) is 31.9 Å². The molecule has 0 aromatic rings. The molecule has 0 spiro atoms. The van der Waals surface area contributed by atoms with Crippen molar-refractivity contribution in [1.29, 1.82) is 0 Å². The first-order valence-corrected chi connectivity index (χ1v) is 8.38. The lowest BCUT2D eigenvalue weighted by Gasteiger charge is -2.29. The summed E-state index contributed by atoms with van der Waals surface area (Å²) in [4.78, 5) is 2.29. The molecule has 1 rings (SSSR count). The first-order chi connectivity index (χ1) is 8.45. The molecule has 6 heteroatoms. The fraction of sp³-hybridized carbons (Fsp3) is 1.00. The van der Waals surface area contributed by atoms with Crippen LogP contribution in [0.1, 0.15) is 26.7 Å². The lowest BCUT2D eigenvalue weighted by Crippen LogP contribution is -2.42. The summed E-state index contributed by atoms with van der Waals surface area (Å²) in [6, 6.07) is 0. The van der Waals surface area contributed by atoms with Gasteiger partial charge in [0.25, 0.3) is 0 Å². The number of hydrogen-bond acceptors (Lipinski definition) is 4. The minimum absolute atomic E-state index is 0.372. The molecule has 2 N–H and O–H groups in total. The van der Waals surface area contributed by atoms with Crippen LogP contribution < -0.4 is 10.0 Å². The van der Waals surface area contributed by atoms with E-state index in [0.29, 0.717) is 19.0 Å². The van der Waals surface area contributed by atoms with E-state index in [9.17, 15) is 8.42 Å². The fourth-order valence-electron chi connectivity index (χ4n) is 2.10. The number of likely N-dealkylation sites (tertiary alicyclic amines) is 1. The molecule has 0 bridgehead atoms. The molecule has 1 aliphatic rings. The summed E-state index contributed by atoms with van der Waals surface area (Å²) in [5, 5.41) is 2.70. The molecule has 1 atom stereocenters. The van der Waals surface area contributed by atoms with Crippen LogP contribution in [0.3, 0.4) is 0 Å².